The minimum absolute atomic E-state index is 0. The molecule has 0 unspecified atom stereocenters. The fourth-order valence-corrected chi connectivity index (χ4v) is 0. The van der Waals surface area contributed by atoms with E-state index in [4.69, 9.17) is 0 Å². The Labute approximate surface area is 62.9 Å². The average Bonchev–Trinajstić information content (AvgIpc) is 0.918. The van der Waals surface area contributed by atoms with Crippen molar-refractivity contribution in [2.24, 2.45) is 0 Å². The third kappa shape index (κ3) is 25.8. The molecule has 0 aromatic carbocycles. The molecule has 5 heteroatoms. The average molecular weight is 217 g/mol. The normalized spacial score (nSPS) is 4.80. The minimum Gasteiger partial charge on any atom is 0 e. The Balaban J connectivity index is -0.0000000200. The van der Waals surface area contributed by atoms with E-state index in [1.54, 1.807) is 13.6 Å². The number of rotatable bonds is 0. The first kappa shape index (κ1) is 15.8. The van der Waals surface area contributed by atoms with Crippen molar-refractivity contribution in [1.29, 1.82) is 0 Å². The van der Waals surface area contributed by atoms with Crippen LogP contribution >= 0.6 is 0 Å². The Hall–Kier alpha value is 1.80. The van der Waals surface area contributed by atoms with Crippen molar-refractivity contribution in [1.82, 2.24) is 0 Å². The summed E-state index contributed by atoms with van der Waals surface area (Å²) >= 11 is 1.76. The summed E-state index contributed by atoms with van der Waals surface area (Å²) in [7, 11) is 1.31. The van der Waals surface area contributed by atoms with Crippen LogP contribution in [0.25, 0.3) is 0 Å². The maximum absolute atomic E-state index is 2.12. The summed E-state index contributed by atoms with van der Waals surface area (Å²) in [5, 5.41) is 0. The second-order valence-electron chi connectivity index (χ2n) is 0.316. The topological polar surface area (TPSA) is 0 Å². The fraction of sp³-hybridized carbons (Fsp3) is 0. The van der Waals surface area contributed by atoms with Crippen LogP contribution < -0.4 is 0 Å². The molecule has 0 spiro atoms. The van der Waals surface area contributed by atoms with Crippen LogP contribution in [0, 0.1) is 0 Å². The van der Waals surface area contributed by atoms with Gasteiger partial charge in [0, 0.05) is 33.8 Å². The van der Waals surface area contributed by atoms with E-state index in [1.807, 2.05) is 0 Å². The van der Waals surface area contributed by atoms with Gasteiger partial charge in [-0.05, 0) is 0 Å². The van der Waals surface area contributed by atoms with Crippen LogP contribution in [0.3, 0.4) is 0 Å². The molecule has 0 amide bonds. The van der Waals surface area contributed by atoms with Crippen molar-refractivity contribution in [3.63, 3.8) is 0 Å². The maximum Gasteiger partial charge on any atom is 0 e. The smallest absolute Gasteiger partial charge is 0 e. The van der Waals surface area contributed by atoms with E-state index < -0.39 is 0 Å². The Kier molecular flexibility index (Phi) is 54.0. The zero-order chi connectivity index (χ0) is 2.71. The molecular formula is H5BCoFeNiSi. The number of hydrogen-bond acceptors (Lipinski definition) is 0. The van der Waals surface area contributed by atoms with Crippen molar-refractivity contribution in [2.45, 2.75) is 0 Å². The van der Waals surface area contributed by atoms with Crippen LogP contribution in [0.15, 0.2) is 0 Å². The van der Waals surface area contributed by atoms with E-state index in [1.165, 1.54) is 8.94 Å². The summed E-state index contributed by atoms with van der Waals surface area (Å²) in [5.41, 5.74) is 0. The molecule has 39 valence electrons. The van der Waals surface area contributed by atoms with Crippen LogP contribution in [-0.2, 0) is 47.5 Å². The molecule has 0 aliphatic carbocycles. The van der Waals surface area contributed by atoms with E-state index in [-0.39, 0.29) is 33.8 Å². The van der Waals surface area contributed by atoms with Gasteiger partial charge in [-0.2, -0.15) is 0 Å². The van der Waals surface area contributed by atoms with E-state index in [0.29, 0.717) is 0 Å². The summed E-state index contributed by atoms with van der Waals surface area (Å²) in [4.78, 5) is 0. The molecule has 5 heavy (non-hydrogen) atoms. The van der Waals surface area contributed by atoms with Crippen molar-refractivity contribution in [3.05, 3.63) is 0 Å². The molecule has 0 atom stereocenters. The molecule has 0 aromatic heterocycles. The first-order valence-electron chi connectivity index (χ1n) is 0.632. The minimum atomic E-state index is 0. The van der Waals surface area contributed by atoms with Gasteiger partial charge in [0.05, 0.1) is 0 Å². The molecule has 0 N–H and O–H groups in total. The van der Waals surface area contributed by atoms with Crippen LogP contribution in [0.4, 0.5) is 0 Å². The third-order valence-corrected chi connectivity index (χ3v) is 0. The summed E-state index contributed by atoms with van der Waals surface area (Å²) < 4.78 is 0. The first-order chi connectivity index (χ1) is 1.41. The second-order valence-corrected chi connectivity index (χ2v) is 3.91. The van der Waals surface area contributed by atoms with Gasteiger partial charge in [0.25, 0.3) is 0 Å². The zero-order valence-electron chi connectivity index (χ0n) is 3.00. The van der Waals surface area contributed by atoms with Crippen LogP contribution in [0.2, 0.25) is 0 Å². The fourth-order valence-electron chi connectivity index (χ4n) is 0. The molecule has 0 bridgehead atoms. The Morgan fingerprint density at radius 3 is 1.60 bits per heavy atom. The van der Waals surface area contributed by atoms with E-state index in [2.05, 4.69) is 6.74 Å². The summed E-state index contributed by atoms with van der Waals surface area (Å²) in [5.74, 6) is 0. The first-order valence-corrected chi connectivity index (χ1v) is 5.22. The Bertz CT molecular complexity index is 11.6. The largest absolute Gasteiger partial charge is 0 e. The van der Waals surface area contributed by atoms with Gasteiger partial charge in [-0.1, -0.05) is 0 Å². The molecule has 0 nitrogen and oxygen atoms in total. The van der Waals surface area contributed by atoms with Gasteiger partial charge in [0.1, 0.15) is 0 Å². The molecule has 0 aliphatic heterocycles. The Morgan fingerprint density at radius 2 is 1.60 bits per heavy atom. The van der Waals surface area contributed by atoms with Crippen LogP contribution in [0.1, 0.15) is 0 Å². The Morgan fingerprint density at radius 1 is 1.60 bits per heavy atom. The van der Waals surface area contributed by atoms with Gasteiger partial charge < -0.3 is 0 Å². The van der Waals surface area contributed by atoms with Crippen LogP contribution in [0.5, 0.6) is 0 Å². The molecule has 0 fully saturated rings. The van der Waals surface area contributed by atoms with Crippen LogP contribution in [-0.4, -0.2) is 15.7 Å². The maximum atomic E-state index is 2.12. The zero-order valence-corrected chi connectivity index (χ0v) is 8.14. The molecule has 0 rings (SSSR count). The second kappa shape index (κ2) is 17.0. The van der Waals surface area contributed by atoms with Crippen molar-refractivity contribution < 1.29 is 47.5 Å². The van der Waals surface area contributed by atoms with E-state index in [0.717, 1.165) is 0 Å². The van der Waals surface area contributed by atoms with Gasteiger partial charge in [-0.3, -0.25) is 0 Å². The summed E-state index contributed by atoms with van der Waals surface area (Å²) in [6.07, 6.45) is 0. The van der Waals surface area contributed by atoms with Gasteiger partial charge in [-0.15, -0.1) is 0 Å². The molecule has 0 saturated carbocycles. The predicted molar refractivity (Wildman–Crippen MR) is 18.5 cm³/mol. The summed E-state index contributed by atoms with van der Waals surface area (Å²) in [6, 6.07) is 0. The third-order valence-electron chi connectivity index (χ3n) is 0. The molecule has 0 aliphatic rings. The quantitative estimate of drug-likeness (QED) is 0.408. The van der Waals surface area contributed by atoms with Gasteiger partial charge in [-0.25, -0.2) is 0 Å². The SMILES string of the molecule is [BH2][Ni][SiH3].[Co].[Fe]. The molecule has 0 saturated heterocycles. The monoisotopic (exact) mass is 217 g/mol. The van der Waals surface area contributed by atoms with Gasteiger partial charge >= 0.3 is 29.3 Å². The number of hydrogen-bond donors (Lipinski definition) is 0. The van der Waals surface area contributed by atoms with Crippen molar-refractivity contribution >= 4 is 15.7 Å². The molecule has 1 radical (unpaired) electrons. The molecule has 0 aromatic rings. The van der Waals surface area contributed by atoms with E-state index in [9.17, 15) is 0 Å². The molecular weight excluding hydrogens is 212 g/mol. The van der Waals surface area contributed by atoms with E-state index >= 15 is 0 Å². The predicted octanol–water partition coefficient (Wildman–Crippen LogP) is -2.11. The van der Waals surface area contributed by atoms with Gasteiger partial charge in [0.15, 0.2) is 0 Å². The summed E-state index contributed by atoms with van der Waals surface area (Å²) in [6.45, 7) is 2.12. The molecule has 0 heterocycles. The van der Waals surface area contributed by atoms with Crippen molar-refractivity contribution in [2.75, 3.05) is 0 Å². The standard InChI is InChI=1S/BH2.Co.Fe.Ni.H3Si/h1H2;;;;1H3/q+1;;;-1;. The van der Waals surface area contributed by atoms with Gasteiger partial charge in [0.2, 0.25) is 0 Å². The van der Waals surface area contributed by atoms with Crippen molar-refractivity contribution in [3.8, 4) is 0 Å².